The molecule has 0 bridgehead atoms. The molecule has 1 aromatic heterocycles. The summed E-state index contributed by atoms with van der Waals surface area (Å²) in [5, 5.41) is -0.0794. The zero-order valence-corrected chi connectivity index (χ0v) is 10.5. The van der Waals surface area contributed by atoms with E-state index in [9.17, 15) is 18.0 Å². The summed E-state index contributed by atoms with van der Waals surface area (Å²) >= 11 is 5.67. The van der Waals surface area contributed by atoms with Crippen LogP contribution < -0.4 is 0 Å². The average Bonchev–Trinajstić information content (AvgIpc) is 2.73. The summed E-state index contributed by atoms with van der Waals surface area (Å²) in [6, 6.07) is 4.32. The Morgan fingerprint density at radius 3 is 2.37 bits per heavy atom. The molecule has 0 aliphatic heterocycles. The fourth-order valence-corrected chi connectivity index (χ4v) is 1.90. The van der Waals surface area contributed by atoms with E-state index in [0.29, 0.717) is 0 Å². The molecular formula is C13H8ClF3O2. The first-order valence-electron chi connectivity index (χ1n) is 5.26. The Balaban J connectivity index is 2.43. The van der Waals surface area contributed by atoms with Crippen molar-refractivity contribution in [3.05, 3.63) is 58.0 Å². The van der Waals surface area contributed by atoms with E-state index >= 15 is 0 Å². The van der Waals surface area contributed by atoms with Crippen molar-refractivity contribution in [2.24, 2.45) is 0 Å². The molecule has 0 spiro atoms. The second-order valence-corrected chi connectivity index (χ2v) is 4.31. The normalized spacial score (nSPS) is 11.6. The van der Waals surface area contributed by atoms with Gasteiger partial charge in [-0.2, -0.15) is 13.2 Å². The van der Waals surface area contributed by atoms with Gasteiger partial charge in [0.05, 0.1) is 17.4 Å². The highest BCUT2D eigenvalue weighted by molar-refractivity contribution is 6.33. The van der Waals surface area contributed by atoms with Crippen molar-refractivity contribution in [3.8, 4) is 0 Å². The van der Waals surface area contributed by atoms with Crippen LogP contribution in [0.25, 0.3) is 0 Å². The summed E-state index contributed by atoms with van der Waals surface area (Å²) in [7, 11) is 0. The molecule has 0 N–H and O–H groups in total. The van der Waals surface area contributed by atoms with Crippen molar-refractivity contribution in [2.45, 2.75) is 13.1 Å². The minimum atomic E-state index is -4.43. The van der Waals surface area contributed by atoms with Crippen molar-refractivity contribution in [3.63, 3.8) is 0 Å². The number of furan rings is 1. The van der Waals surface area contributed by atoms with Crippen LogP contribution in [0.1, 0.15) is 27.0 Å². The Kier molecular flexibility index (Phi) is 3.41. The van der Waals surface area contributed by atoms with E-state index in [-0.39, 0.29) is 21.9 Å². The second-order valence-electron chi connectivity index (χ2n) is 3.96. The molecule has 6 heteroatoms. The minimum absolute atomic E-state index is 0.0794. The zero-order chi connectivity index (χ0) is 14.2. The van der Waals surface area contributed by atoms with Crippen LogP contribution in [0.3, 0.4) is 0 Å². The van der Waals surface area contributed by atoms with Crippen LogP contribution in [0.5, 0.6) is 0 Å². The average molecular weight is 289 g/mol. The van der Waals surface area contributed by atoms with Gasteiger partial charge in [-0.1, -0.05) is 6.07 Å². The molecule has 1 heterocycles. The molecule has 2 aromatic rings. The summed E-state index contributed by atoms with van der Waals surface area (Å²) in [4.78, 5) is 12.1. The largest absolute Gasteiger partial charge is 0.452 e. The molecule has 1 aromatic carbocycles. The van der Waals surface area contributed by atoms with Gasteiger partial charge in [0.25, 0.3) is 0 Å². The first kappa shape index (κ1) is 13.7. The van der Waals surface area contributed by atoms with Gasteiger partial charge in [-0.15, -0.1) is 0 Å². The standard InChI is InChI=1S/C13H8ClF3O2/c1-7-6-8(13(15,16)17)2-3-9(7)11(18)10-4-5-19-12(10)14/h2-6H,1H3. The number of benzene rings is 1. The molecule has 2 rings (SSSR count). The lowest BCUT2D eigenvalue weighted by Gasteiger charge is -2.10. The molecule has 0 fully saturated rings. The lowest BCUT2D eigenvalue weighted by atomic mass is 9.98. The van der Waals surface area contributed by atoms with Crippen molar-refractivity contribution < 1.29 is 22.4 Å². The molecule has 0 aliphatic rings. The number of alkyl halides is 3. The van der Waals surface area contributed by atoms with E-state index in [4.69, 9.17) is 16.0 Å². The summed E-state index contributed by atoms with van der Waals surface area (Å²) in [5.74, 6) is -0.468. The van der Waals surface area contributed by atoms with Gasteiger partial charge in [-0.25, -0.2) is 0 Å². The third kappa shape index (κ3) is 2.66. The Morgan fingerprint density at radius 2 is 1.89 bits per heavy atom. The highest BCUT2D eigenvalue weighted by Crippen LogP contribution is 2.31. The molecule has 0 unspecified atom stereocenters. The van der Waals surface area contributed by atoms with Crippen molar-refractivity contribution in [1.29, 1.82) is 0 Å². The van der Waals surface area contributed by atoms with Gasteiger partial charge in [-0.05, 0) is 42.3 Å². The van der Waals surface area contributed by atoms with Crippen LogP contribution in [0, 0.1) is 6.92 Å². The lowest BCUT2D eigenvalue weighted by Crippen LogP contribution is -2.08. The molecule has 100 valence electrons. The molecule has 0 radical (unpaired) electrons. The molecule has 0 atom stereocenters. The topological polar surface area (TPSA) is 30.2 Å². The third-order valence-corrected chi connectivity index (χ3v) is 2.95. The molecule has 19 heavy (non-hydrogen) atoms. The molecule has 2 nitrogen and oxygen atoms in total. The van der Waals surface area contributed by atoms with Crippen molar-refractivity contribution in [2.75, 3.05) is 0 Å². The number of rotatable bonds is 2. The molecule has 0 saturated heterocycles. The van der Waals surface area contributed by atoms with Crippen LogP contribution in [0.15, 0.2) is 34.9 Å². The van der Waals surface area contributed by atoms with Gasteiger partial charge in [0.15, 0.2) is 5.78 Å². The number of carbonyl (C=O) groups excluding carboxylic acids is 1. The quantitative estimate of drug-likeness (QED) is 0.762. The van der Waals surface area contributed by atoms with Gasteiger partial charge in [0.2, 0.25) is 5.22 Å². The predicted octanol–water partition coefficient (Wildman–Crippen LogP) is 4.49. The smallest absolute Gasteiger partial charge is 0.416 e. The molecule has 0 aliphatic carbocycles. The minimum Gasteiger partial charge on any atom is -0.452 e. The summed E-state index contributed by atoms with van der Waals surface area (Å²) in [6.07, 6.45) is -3.19. The van der Waals surface area contributed by atoms with E-state index in [0.717, 1.165) is 18.2 Å². The number of carbonyl (C=O) groups is 1. The van der Waals surface area contributed by atoms with Gasteiger partial charge < -0.3 is 4.42 Å². The first-order chi connectivity index (χ1) is 8.80. The van der Waals surface area contributed by atoms with E-state index in [2.05, 4.69) is 0 Å². The lowest BCUT2D eigenvalue weighted by molar-refractivity contribution is -0.137. The monoisotopic (exact) mass is 288 g/mol. The predicted molar refractivity (Wildman–Crippen MR) is 63.3 cm³/mol. The Morgan fingerprint density at radius 1 is 1.21 bits per heavy atom. The summed E-state index contributed by atoms with van der Waals surface area (Å²) in [6.45, 7) is 1.44. The summed E-state index contributed by atoms with van der Waals surface area (Å²) < 4.78 is 42.3. The maximum Gasteiger partial charge on any atom is 0.416 e. The SMILES string of the molecule is Cc1cc(C(F)(F)F)ccc1C(=O)c1ccoc1Cl. The second kappa shape index (κ2) is 4.74. The molecule has 0 amide bonds. The van der Waals surface area contributed by atoms with Gasteiger partial charge in [0.1, 0.15) is 0 Å². The van der Waals surface area contributed by atoms with E-state index in [1.165, 1.54) is 19.3 Å². The molecule has 0 saturated carbocycles. The van der Waals surface area contributed by atoms with E-state index in [1.807, 2.05) is 0 Å². The number of halogens is 4. The highest BCUT2D eigenvalue weighted by atomic mass is 35.5. The first-order valence-corrected chi connectivity index (χ1v) is 5.64. The van der Waals surface area contributed by atoms with Gasteiger partial charge >= 0.3 is 6.18 Å². The van der Waals surface area contributed by atoms with Crippen LogP contribution in [0.4, 0.5) is 13.2 Å². The maximum absolute atomic E-state index is 12.5. The van der Waals surface area contributed by atoms with Crippen molar-refractivity contribution >= 4 is 17.4 Å². The van der Waals surface area contributed by atoms with Crippen molar-refractivity contribution in [1.82, 2.24) is 0 Å². The number of hydrogen-bond donors (Lipinski definition) is 0. The maximum atomic E-state index is 12.5. The number of ketones is 1. The Labute approximate surface area is 111 Å². The van der Waals surface area contributed by atoms with Gasteiger partial charge in [-0.3, -0.25) is 4.79 Å². The van der Waals surface area contributed by atoms with Gasteiger partial charge in [0, 0.05) is 5.56 Å². The van der Waals surface area contributed by atoms with Crippen LogP contribution in [-0.4, -0.2) is 5.78 Å². The zero-order valence-electron chi connectivity index (χ0n) is 9.72. The van der Waals surface area contributed by atoms with E-state index < -0.39 is 17.5 Å². The fraction of sp³-hybridized carbons (Fsp3) is 0.154. The Bertz CT molecular complexity index is 629. The number of hydrogen-bond acceptors (Lipinski definition) is 2. The highest BCUT2D eigenvalue weighted by Gasteiger charge is 2.31. The molecular weight excluding hydrogens is 281 g/mol. The van der Waals surface area contributed by atoms with Crippen LogP contribution in [0.2, 0.25) is 5.22 Å². The van der Waals surface area contributed by atoms with Crippen LogP contribution in [-0.2, 0) is 6.18 Å². The third-order valence-electron chi connectivity index (χ3n) is 2.66. The van der Waals surface area contributed by atoms with Crippen LogP contribution >= 0.6 is 11.6 Å². The Hall–Kier alpha value is -1.75. The fourth-order valence-electron chi connectivity index (χ4n) is 1.70. The number of aryl methyl sites for hydroxylation is 1. The summed E-state index contributed by atoms with van der Waals surface area (Å²) in [5.41, 5.74) is -0.266. The van der Waals surface area contributed by atoms with E-state index in [1.54, 1.807) is 0 Å².